The molecule has 2 rings (SSSR count). The van der Waals surface area contributed by atoms with Crippen molar-refractivity contribution >= 4 is 11.7 Å². The van der Waals surface area contributed by atoms with Gasteiger partial charge in [-0.2, -0.15) is 0 Å². The van der Waals surface area contributed by atoms with Gasteiger partial charge in [0, 0.05) is 18.8 Å². The van der Waals surface area contributed by atoms with E-state index in [1.807, 2.05) is 6.07 Å². The molecule has 5 heteroatoms. The Morgan fingerprint density at radius 1 is 1.47 bits per heavy atom. The minimum Gasteiger partial charge on any atom is -0.366 e. The van der Waals surface area contributed by atoms with Crippen LogP contribution < -0.4 is 16.4 Å². The number of rotatable bonds is 5. The number of anilines is 1. The van der Waals surface area contributed by atoms with Crippen LogP contribution in [0.1, 0.15) is 36.5 Å². The van der Waals surface area contributed by atoms with Crippen molar-refractivity contribution in [3.05, 3.63) is 23.9 Å². The minimum atomic E-state index is -0.442. The van der Waals surface area contributed by atoms with E-state index in [2.05, 4.69) is 16.8 Å². The number of nitrogens with two attached hydrogens (primary N) is 2. The van der Waals surface area contributed by atoms with Crippen molar-refractivity contribution < 1.29 is 4.79 Å². The van der Waals surface area contributed by atoms with Gasteiger partial charge in [0.2, 0.25) is 5.91 Å². The van der Waals surface area contributed by atoms with Crippen molar-refractivity contribution in [2.75, 3.05) is 18.0 Å². The maximum absolute atomic E-state index is 11.1. The third kappa shape index (κ3) is 2.87. The molecule has 1 aliphatic rings. The van der Waals surface area contributed by atoms with Gasteiger partial charge in [-0.1, -0.05) is 6.42 Å². The molecule has 0 saturated heterocycles. The number of carbonyl (C=O) groups excluding carboxylic acids is 1. The van der Waals surface area contributed by atoms with Crippen LogP contribution in [0.4, 0.5) is 5.82 Å². The second kappa shape index (κ2) is 6.02. The Balaban J connectivity index is 2.19. The average molecular weight is 262 g/mol. The summed E-state index contributed by atoms with van der Waals surface area (Å²) >= 11 is 0. The van der Waals surface area contributed by atoms with Crippen LogP contribution in [-0.2, 0) is 0 Å². The number of carbonyl (C=O) groups is 1. The average Bonchev–Trinajstić information content (AvgIpc) is 2.88. The van der Waals surface area contributed by atoms with Gasteiger partial charge in [-0.25, -0.2) is 4.98 Å². The van der Waals surface area contributed by atoms with Gasteiger partial charge >= 0.3 is 0 Å². The zero-order valence-corrected chi connectivity index (χ0v) is 11.4. The van der Waals surface area contributed by atoms with Gasteiger partial charge in [0.25, 0.3) is 0 Å². The number of amides is 1. The second-order valence-corrected chi connectivity index (χ2v) is 5.05. The predicted octanol–water partition coefficient (Wildman–Crippen LogP) is 1.13. The van der Waals surface area contributed by atoms with E-state index >= 15 is 0 Å². The van der Waals surface area contributed by atoms with Gasteiger partial charge in [-0.05, 0) is 44.4 Å². The van der Waals surface area contributed by atoms with Gasteiger partial charge in [0.1, 0.15) is 5.82 Å². The quantitative estimate of drug-likeness (QED) is 0.833. The lowest BCUT2D eigenvalue weighted by Crippen LogP contribution is -2.40. The van der Waals surface area contributed by atoms with Crippen molar-refractivity contribution in [1.29, 1.82) is 0 Å². The normalized spacial score (nSPS) is 22.4. The fourth-order valence-corrected chi connectivity index (χ4v) is 2.97. The summed E-state index contributed by atoms with van der Waals surface area (Å²) in [6.45, 7) is 3.74. The summed E-state index contributed by atoms with van der Waals surface area (Å²) in [6, 6.07) is 4.07. The molecule has 19 heavy (non-hydrogen) atoms. The van der Waals surface area contributed by atoms with E-state index < -0.39 is 5.91 Å². The third-order valence-corrected chi connectivity index (χ3v) is 3.99. The Bertz CT molecular complexity index is 432. The summed E-state index contributed by atoms with van der Waals surface area (Å²) in [7, 11) is 0. The SMILES string of the molecule is CCN(c1ccc(C(N)=O)cn1)C1CCCC1CN. The van der Waals surface area contributed by atoms with Crippen molar-refractivity contribution in [3.8, 4) is 0 Å². The van der Waals surface area contributed by atoms with Crippen LogP contribution in [-0.4, -0.2) is 30.0 Å². The fourth-order valence-electron chi connectivity index (χ4n) is 2.97. The van der Waals surface area contributed by atoms with Crippen molar-refractivity contribution in [3.63, 3.8) is 0 Å². The predicted molar refractivity (Wildman–Crippen MR) is 76.0 cm³/mol. The number of hydrogen-bond donors (Lipinski definition) is 2. The Labute approximate surface area is 114 Å². The summed E-state index contributed by atoms with van der Waals surface area (Å²) in [4.78, 5) is 17.7. The van der Waals surface area contributed by atoms with Gasteiger partial charge in [0.15, 0.2) is 0 Å². The number of aromatic nitrogens is 1. The maximum Gasteiger partial charge on any atom is 0.250 e. The first-order valence-electron chi connectivity index (χ1n) is 6.90. The molecule has 2 unspecified atom stereocenters. The van der Waals surface area contributed by atoms with Crippen LogP contribution in [0.5, 0.6) is 0 Å². The first-order valence-corrected chi connectivity index (χ1v) is 6.90. The molecule has 0 bridgehead atoms. The molecule has 1 fully saturated rings. The monoisotopic (exact) mass is 262 g/mol. The first-order chi connectivity index (χ1) is 9.17. The molecule has 0 radical (unpaired) electrons. The summed E-state index contributed by atoms with van der Waals surface area (Å²) in [5, 5.41) is 0. The van der Waals surface area contributed by atoms with Gasteiger partial charge in [-0.3, -0.25) is 4.79 Å². The molecule has 0 aliphatic heterocycles. The lowest BCUT2D eigenvalue weighted by Gasteiger charge is -2.32. The van der Waals surface area contributed by atoms with Crippen LogP contribution in [0.25, 0.3) is 0 Å². The van der Waals surface area contributed by atoms with Crippen molar-refractivity contribution in [2.24, 2.45) is 17.4 Å². The highest BCUT2D eigenvalue weighted by Crippen LogP contribution is 2.31. The fraction of sp³-hybridized carbons (Fsp3) is 0.571. The lowest BCUT2D eigenvalue weighted by molar-refractivity contribution is 0.1000. The number of hydrogen-bond acceptors (Lipinski definition) is 4. The van der Waals surface area contributed by atoms with Crippen LogP contribution in [0.2, 0.25) is 0 Å². The Morgan fingerprint density at radius 3 is 2.79 bits per heavy atom. The van der Waals surface area contributed by atoms with E-state index in [4.69, 9.17) is 11.5 Å². The van der Waals surface area contributed by atoms with Crippen molar-refractivity contribution in [2.45, 2.75) is 32.2 Å². The topological polar surface area (TPSA) is 85.2 Å². The van der Waals surface area contributed by atoms with E-state index in [0.29, 0.717) is 17.5 Å². The number of primary amides is 1. The Morgan fingerprint density at radius 2 is 2.26 bits per heavy atom. The highest BCUT2D eigenvalue weighted by atomic mass is 16.1. The molecule has 1 aliphatic carbocycles. The smallest absolute Gasteiger partial charge is 0.250 e. The molecule has 1 saturated carbocycles. The second-order valence-electron chi connectivity index (χ2n) is 5.05. The van der Waals surface area contributed by atoms with Gasteiger partial charge in [-0.15, -0.1) is 0 Å². The molecule has 5 nitrogen and oxygen atoms in total. The Hall–Kier alpha value is -1.62. The summed E-state index contributed by atoms with van der Waals surface area (Å²) in [5.74, 6) is 0.998. The molecular weight excluding hydrogens is 240 g/mol. The van der Waals surface area contributed by atoms with E-state index in [-0.39, 0.29) is 0 Å². The molecule has 0 spiro atoms. The number of nitrogens with zero attached hydrogens (tertiary/aromatic N) is 2. The molecule has 1 aromatic rings. The van der Waals surface area contributed by atoms with Crippen molar-refractivity contribution in [1.82, 2.24) is 4.98 Å². The first kappa shape index (κ1) is 13.8. The molecule has 104 valence electrons. The molecule has 1 amide bonds. The molecular formula is C14H22N4O. The summed E-state index contributed by atoms with van der Waals surface area (Å²) in [5.41, 5.74) is 11.5. The largest absolute Gasteiger partial charge is 0.366 e. The standard InChI is InChI=1S/C14H22N4O/c1-2-18(12-5-3-4-10(12)8-15)13-7-6-11(9-17-13)14(16)19/h6-7,9-10,12H,2-5,8,15H2,1H3,(H2,16,19). The Kier molecular flexibility index (Phi) is 4.37. The maximum atomic E-state index is 11.1. The third-order valence-electron chi connectivity index (χ3n) is 3.99. The van der Waals surface area contributed by atoms with E-state index in [1.165, 1.54) is 12.8 Å². The number of pyridine rings is 1. The van der Waals surface area contributed by atoms with Gasteiger partial charge in [0.05, 0.1) is 5.56 Å². The van der Waals surface area contributed by atoms with E-state index in [9.17, 15) is 4.79 Å². The lowest BCUT2D eigenvalue weighted by atomic mass is 10.0. The van der Waals surface area contributed by atoms with Crippen LogP contribution in [0, 0.1) is 5.92 Å². The van der Waals surface area contributed by atoms with Crippen LogP contribution in [0.3, 0.4) is 0 Å². The molecule has 1 heterocycles. The summed E-state index contributed by atoms with van der Waals surface area (Å²) < 4.78 is 0. The van der Waals surface area contributed by atoms with Crippen LogP contribution >= 0.6 is 0 Å². The molecule has 1 aromatic heterocycles. The van der Waals surface area contributed by atoms with E-state index in [0.717, 1.165) is 25.3 Å². The zero-order chi connectivity index (χ0) is 13.8. The highest BCUT2D eigenvalue weighted by Gasteiger charge is 2.31. The molecule has 2 atom stereocenters. The zero-order valence-electron chi connectivity index (χ0n) is 11.4. The molecule has 4 N–H and O–H groups in total. The van der Waals surface area contributed by atoms with E-state index in [1.54, 1.807) is 12.3 Å². The van der Waals surface area contributed by atoms with Crippen LogP contribution in [0.15, 0.2) is 18.3 Å². The highest BCUT2D eigenvalue weighted by molar-refractivity contribution is 5.92. The van der Waals surface area contributed by atoms with Gasteiger partial charge < -0.3 is 16.4 Å². The minimum absolute atomic E-state index is 0.442. The summed E-state index contributed by atoms with van der Waals surface area (Å²) in [6.07, 6.45) is 5.13. The molecule has 0 aromatic carbocycles.